The first-order valence-electron chi connectivity index (χ1n) is 12.9. The van der Waals surface area contributed by atoms with E-state index in [-0.39, 0.29) is 5.82 Å². The minimum absolute atomic E-state index is 0.255. The lowest BCUT2D eigenvalue weighted by molar-refractivity contribution is 0.388. The summed E-state index contributed by atoms with van der Waals surface area (Å²) in [6.45, 7) is 7.14. The van der Waals surface area contributed by atoms with Gasteiger partial charge in [0.25, 0.3) is 0 Å². The zero-order valence-electron chi connectivity index (χ0n) is 20.6. The summed E-state index contributed by atoms with van der Waals surface area (Å²) in [5.74, 6) is 2.13. The summed E-state index contributed by atoms with van der Waals surface area (Å²) in [5.41, 5.74) is 1.68. The normalized spacial score (nSPS) is 18.1. The summed E-state index contributed by atoms with van der Waals surface area (Å²) >= 11 is 7.19. The Balaban J connectivity index is 1.10. The van der Waals surface area contributed by atoms with Crippen molar-refractivity contribution in [2.24, 2.45) is 0 Å². The van der Waals surface area contributed by atoms with Crippen LogP contribution in [0, 0.1) is 5.82 Å². The van der Waals surface area contributed by atoms with Crippen LogP contribution in [0.25, 0.3) is 11.3 Å². The highest BCUT2D eigenvalue weighted by Crippen LogP contribution is 2.27. The average molecular weight is 540 g/mol. The van der Waals surface area contributed by atoms with Crippen LogP contribution < -0.4 is 20.0 Å². The Morgan fingerprint density at radius 1 is 0.730 bits per heavy atom. The van der Waals surface area contributed by atoms with Crippen molar-refractivity contribution < 1.29 is 4.39 Å². The molecule has 0 unspecified atom stereocenters. The summed E-state index contributed by atoms with van der Waals surface area (Å²) < 4.78 is 13.2. The Labute approximate surface area is 225 Å². The fourth-order valence-electron chi connectivity index (χ4n) is 4.97. The second-order valence-corrected chi connectivity index (χ2v) is 10.8. The van der Waals surface area contributed by atoms with Crippen molar-refractivity contribution in [1.82, 2.24) is 24.8 Å². The fraction of sp³-hybridized carbons (Fsp3) is 0.480. The first kappa shape index (κ1) is 24.2. The topological polar surface area (TPSA) is 76.6 Å². The van der Waals surface area contributed by atoms with Gasteiger partial charge in [-0.25, -0.2) is 9.37 Å². The van der Waals surface area contributed by atoms with Gasteiger partial charge in [-0.1, -0.05) is 0 Å². The van der Waals surface area contributed by atoms with Crippen molar-refractivity contribution in [1.29, 1.82) is 0 Å². The fourth-order valence-corrected chi connectivity index (χ4v) is 6.03. The maximum Gasteiger partial charge on any atom is 0.232 e. The van der Waals surface area contributed by atoms with Gasteiger partial charge >= 0.3 is 0 Å². The SMILES string of the molecule is Fc1ccc(-c2csc(NC(=S)N3CCN(c4nc(N5CCCC5)nc(N5CCCC5)n4)CC3)n2)cc1. The van der Waals surface area contributed by atoms with E-state index >= 15 is 0 Å². The summed E-state index contributed by atoms with van der Waals surface area (Å²) in [4.78, 5) is 28.2. The third-order valence-electron chi connectivity index (χ3n) is 7.09. The summed E-state index contributed by atoms with van der Waals surface area (Å²) in [5, 5.41) is 6.62. The Morgan fingerprint density at radius 3 is 1.78 bits per heavy atom. The molecule has 6 rings (SSSR count). The van der Waals surface area contributed by atoms with Crippen LogP contribution in [0.5, 0.6) is 0 Å². The number of halogens is 1. The number of rotatable bonds is 5. The van der Waals surface area contributed by atoms with E-state index in [1.54, 1.807) is 12.1 Å². The molecule has 0 atom stereocenters. The van der Waals surface area contributed by atoms with Crippen molar-refractivity contribution in [2.75, 3.05) is 72.4 Å². The quantitative estimate of drug-likeness (QED) is 0.483. The van der Waals surface area contributed by atoms with E-state index in [1.165, 1.54) is 49.2 Å². The van der Waals surface area contributed by atoms with Gasteiger partial charge in [-0.2, -0.15) is 15.0 Å². The molecule has 9 nitrogen and oxygen atoms in total. The molecule has 0 amide bonds. The van der Waals surface area contributed by atoms with Gasteiger partial charge in [0, 0.05) is 63.3 Å². The molecule has 3 aromatic rings. The van der Waals surface area contributed by atoms with Gasteiger partial charge in [0.15, 0.2) is 10.2 Å². The maximum absolute atomic E-state index is 13.2. The predicted molar refractivity (Wildman–Crippen MR) is 150 cm³/mol. The number of piperazine rings is 1. The van der Waals surface area contributed by atoms with E-state index in [0.717, 1.165) is 86.6 Å². The van der Waals surface area contributed by atoms with Crippen LogP contribution in [0.4, 0.5) is 27.4 Å². The number of thiazole rings is 1. The zero-order valence-corrected chi connectivity index (χ0v) is 22.3. The molecule has 3 aliphatic heterocycles. The van der Waals surface area contributed by atoms with E-state index in [0.29, 0.717) is 5.11 Å². The summed E-state index contributed by atoms with van der Waals surface area (Å²) in [6.07, 6.45) is 4.75. The second kappa shape index (κ2) is 10.7. The number of thiocarbonyl (C=S) groups is 1. The average Bonchev–Trinajstić information content (AvgIpc) is 3.72. The van der Waals surface area contributed by atoms with Gasteiger partial charge < -0.3 is 24.9 Å². The summed E-state index contributed by atoms with van der Waals surface area (Å²) in [6, 6.07) is 6.36. The Bertz CT molecular complexity index is 1200. The van der Waals surface area contributed by atoms with E-state index in [2.05, 4.69) is 29.9 Å². The predicted octanol–water partition coefficient (Wildman–Crippen LogP) is 3.85. The van der Waals surface area contributed by atoms with Gasteiger partial charge in [0.1, 0.15) is 5.82 Å². The highest BCUT2D eigenvalue weighted by molar-refractivity contribution is 7.80. The molecule has 0 bridgehead atoms. The number of nitrogens with one attached hydrogen (secondary N) is 1. The van der Waals surface area contributed by atoms with Gasteiger partial charge in [0.2, 0.25) is 17.8 Å². The minimum Gasteiger partial charge on any atom is -0.345 e. The lowest BCUT2D eigenvalue weighted by atomic mass is 10.2. The molecule has 12 heteroatoms. The molecule has 0 saturated carbocycles. The van der Waals surface area contributed by atoms with Crippen LogP contribution in [0.1, 0.15) is 25.7 Å². The van der Waals surface area contributed by atoms with E-state index < -0.39 is 0 Å². The molecular weight excluding hydrogens is 509 g/mol. The molecule has 5 heterocycles. The van der Waals surface area contributed by atoms with Crippen LogP contribution in [-0.2, 0) is 0 Å². The van der Waals surface area contributed by atoms with Crippen molar-refractivity contribution in [2.45, 2.75) is 25.7 Å². The first-order valence-corrected chi connectivity index (χ1v) is 14.2. The highest BCUT2D eigenvalue weighted by atomic mass is 32.1. The lowest BCUT2D eigenvalue weighted by Gasteiger charge is -2.36. The van der Waals surface area contributed by atoms with Crippen LogP contribution >= 0.6 is 23.6 Å². The number of hydrogen-bond acceptors (Lipinski definition) is 9. The van der Waals surface area contributed by atoms with Crippen LogP contribution in [-0.4, -0.2) is 82.3 Å². The Kier molecular flexibility index (Phi) is 7.01. The molecular formula is C25H30FN9S2. The number of nitrogens with zero attached hydrogens (tertiary/aromatic N) is 8. The molecule has 194 valence electrons. The molecule has 0 radical (unpaired) electrons. The smallest absolute Gasteiger partial charge is 0.232 e. The molecule has 1 N–H and O–H groups in total. The number of benzene rings is 1. The van der Waals surface area contributed by atoms with E-state index in [4.69, 9.17) is 27.2 Å². The monoisotopic (exact) mass is 539 g/mol. The molecule has 0 spiro atoms. The molecule has 3 saturated heterocycles. The molecule has 3 aliphatic rings. The van der Waals surface area contributed by atoms with E-state index in [9.17, 15) is 4.39 Å². The molecule has 1 aromatic carbocycles. The number of aromatic nitrogens is 4. The van der Waals surface area contributed by atoms with Crippen molar-refractivity contribution in [3.8, 4) is 11.3 Å². The number of anilines is 4. The largest absolute Gasteiger partial charge is 0.345 e. The summed E-state index contributed by atoms with van der Waals surface area (Å²) in [7, 11) is 0. The number of hydrogen-bond donors (Lipinski definition) is 1. The lowest BCUT2D eigenvalue weighted by Crippen LogP contribution is -2.50. The maximum atomic E-state index is 13.2. The standard InChI is InChI=1S/C25H30FN9S2/c26-19-7-5-18(6-8-19)20-17-37-24(27-20)31-25(36)35-15-13-34(14-16-35)23-29-21(32-9-1-2-10-32)28-22(30-23)33-11-3-4-12-33/h5-8,17H,1-4,9-16H2,(H,27,31,36). The molecule has 37 heavy (non-hydrogen) atoms. The Morgan fingerprint density at radius 2 is 1.24 bits per heavy atom. The highest BCUT2D eigenvalue weighted by Gasteiger charge is 2.26. The van der Waals surface area contributed by atoms with Crippen LogP contribution in [0.15, 0.2) is 29.6 Å². The van der Waals surface area contributed by atoms with Gasteiger partial charge in [-0.15, -0.1) is 11.3 Å². The first-order chi connectivity index (χ1) is 18.1. The zero-order chi connectivity index (χ0) is 25.2. The van der Waals surface area contributed by atoms with Crippen molar-refractivity contribution >= 4 is 51.6 Å². The molecule has 2 aromatic heterocycles. The third-order valence-corrected chi connectivity index (χ3v) is 8.20. The van der Waals surface area contributed by atoms with Gasteiger partial charge in [-0.05, 0) is 62.2 Å². The third kappa shape index (κ3) is 5.45. The van der Waals surface area contributed by atoms with Crippen molar-refractivity contribution in [3.63, 3.8) is 0 Å². The van der Waals surface area contributed by atoms with Crippen molar-refractivity contribution in [3.05, 3.63) is 35.5 Å². The molecule has 0 aliphatic carbocycles. The second-order valence-electron chi connectivity index (χ2n) is 9.57. The Hall–Kier alpha value is -3.12. The molecule has 3 fully saturated rings. The van der Waals surface area contributed by atoms with E-state index in [1.807, 2.05) is 5.38 Å². The van der Waals surface area contributed by atoms with Gasteiger partial charge in [-0.3, -0.25) is 0 Å². The van der Waals surface area contributed by atoms with Crippen LogP contribution in [0.2, 0.25) is 0 Å². The van der Waals surface area contributed by atoms with Crippen LogP contribution in [0.3, 0.4) is 0 Å². The van der Waals surface area contributed by atoms with Gasteiger partial charge in [0.05, 0.1) is 5.69 Å². The minimum atomic E-state index is -0.255.